The zero-order chi connectivity index (χ0) is 18.6. The largest absolute Gasteiger partial charge is 0.355 e. The third-order valence-corrected chi connectivity index (χ3v) is 4.33. The van der Waals surface area contributed by atoms with Crippen LogP contribution < -0.4 is 10.9 Å². The van der Waals surface area contributed by atoms with Crippen molar-refractivity contribution in [3.05, 3.63) is 71.2 Å². The second kappa shape index (κ2) is 7.36. The van der Waals surface area contributed by atoms with Gasteiger partial charge in [0, 0.05) is 19.2 Å². The first-order chi connectivity index (χ1) is 13.2. The highest BCUT2D eigenvalue weighted by Crippen LogP contribution is 2.05. The highest BCUT2D eigenvalue weighted by atomic mass is 16.2. The quantitative estimate of drug-likeness (QED) is 0.520. The van der Waals surface area contributed by atoms with Crippen LogP contribution in [0.5, 0.6) is 0 Å². The molecule has 0 bridgehead atoms. The molecule has 1 aromatic carbocycles. The Bertz CT molecular complexity index is 1160. The third kappa shape index (κ3) is 3.55. The normalized spacial score (nSPS) is 11.1. The summed E-state index contributed by atoms with van der Waals surface area (Å²) in [5.74, 6) is 0.634. The molecule has 27 heavy (non-hydrogen) atoms. The molecule has 0 fully saturated rings. The Kier molecular flexibility index (Phi) is 4.61. The molecule has 3 heterocycles. The summed E-state index contributed by atoms with van der Waals surface area (Å²) < 4.78 is 3.26. The molecule has 4 aromatic rings. The lowest BCUT2D eigenvalue weighted by Crippen LogP contribution is -2.33. The van der Waals surface area contributed by atoms with E-state index in [-0.39, 0.29) is 18.0 Å². The van der Waals surface area contributed by atoms with Gasteiger partial charge in [0.15, 0.2) is 5.65 Å². The van der Waals surface area contributed by atoms with Gasteiger partial charge in [0.1, 0.15) is 12.4 Å². The molecular formula is C19H18N6O2. The fourth-order valence-electron chi connectivity index (χ4n) is 2.97. The Morgan fingerprint density at radius 2 is 1.93 bits per heavy atom. The molecule has 0 aliphatic carbocycles. The van der Waals surface area contributed by atoms with Crippen LogP contribution in [0.1, 0.15) is 12.2 Å². The van der Waals surface area contributed by atoms with E-state index in [0.717, 1.165) is 17.9 Å². The number of fused-ring (bicyclic) bond motifs is 2. The molecule has 0 saturated carbocycles. The number of aromatic nitrogens is 5. The molecule has 1 N–H and O–H groups in total. The van der Waals surface area contributed by atoms with Gasteiger partial charge < -0.3 is 5.32 Å². The van der Waals surface area contributed by atoms with Crippen LogP contribution in [-0.4, -0.2) is 36.6 Å². The lowest BCUT2D eigenvalue weighted by molar-refractivity contribution is -0.121. The Morgan fingerprint density at radius 3 is 2.85 bits per heavy atom. The average molecular weight is 362 g/mol. The number of hydrogen-bond acceptors (Lipinski definition) is 5. The van der Waals surface area contributed by atoms with Gasteiger partial charge in [-0.3, -0.25) is 18.6 Å². The third-order valence-electron chi connectivity index (χ3n) is 4.33. The lowest BCUT2D eigenvalue weighted by atomic mass is 10.2. The molecule has 0 saturated heterocycles. The van der Waals surface area contributed by atoms with Gasteiger partial charge in [0.25, 0.3) is 5.56 Å². The number of carbonyl (C=O) groups excluding carboxylic acids is 1. The Balaban J connectivity index is 1.32. The molecule has 3 aromatic heterocycles. The summed E-state index contributed by atoms with van der Waals surface area (Å²) in [6.07, 6.45) is 4.75. The van der Waals surface area contributed by atoms with Crippen LogP contribution in [0, 0.1) is 0 Å². The first-order valence-corrected chi connectivity index (χ1v) is 8.72. The first kappa shape index (κ1) is 16.9. The molecule has 0 unspecified atom stereocenters. The second-order valence-corrected chi connectivity index (χ2v) is 6.19. The van der Waals surface area contributed by atoms with Crippen molar-refractivity contribution in [3.8, 4) is 0 Å². The number of nitrogens with one attached hydrogen (secondary N) is 1. The zero-order valence-electron chi connectivity index (χ0n) is 14.6. The van der Waals surface area contributed by atoms with E-state index < -0.39 is 0 Å². The highest BCUT2D eigenvalue weighted by Gasteiger charge is 2.08. The van der Waals surface area contributed by atoms with Gasteiger partial charge in [-0.15, -0.1) is 10.2 Å². The smallest absolute Gasteiger partial charge is 0.261 e. The van der Waals surface area contributed by atoms with Crippen molar-refractivity contribution in [3.63, 3.8) is 0 Å². The van der Waals surface area contributed by atoms with E-state index in [2.05, 4.69) is 20.5 Å². The first-order valence-electron chi connectivity index (χ1n) is 8.72. The van der Waals surface area contributed by atoms with E-state index in [4.69, 9.17) is 0 Å². The van der Waals surface area contributed by atoms with Crippen molar-refractivity contribution in [2.24, 2.45) is 0 Å². The van der Waals surface area contributed by atoms with Gasteiger partial charge in [-0.1, -0.05) is 18.2 Å². The topological polar surface area (TPSA) is 94.2 Å². The number of benzene rings is 1. The number of carbonyl (C=O) groups is 1. The summed E-state index contributed by atoms with van der Waals surface area (Å²) >= 11 is 0. The van der Waals surface area contributed by atoms with Crippen LogP contribution in [0.15, 0.2) is 59.8 Å². The highest BCUT2D eigenvalue weighted by molar-refractivity contribution is 5.78. The number of hydrogen-bond donors (Lipinski definition) is 1. The minimum Gasteiger partial charge on any atom is -0.355 e. The fraction of sp³-hybridized carbons (Fsp3) is 0.211. The molecule has 8 heteroatoms. The van der Waals surface area contributed by atoms with E-state index in [1.165, 1.54) is 10.9 Å². The maximum absolute atomic E-state index is 12.4. The summed E-state index contributed by atoms with van der Waals surface area (Å²) in [5, 5.41) is 11.6. The Hall–Kier alpha value is -3.55. The van der Waals surface area contributed by atoms with E-state index >= 15 is 0 Å². The summed E-state index contributed by atoms with van der Waals surface area (Å²) in [5.41, 5.74) is 1.21. The zero-order valence-corrected chi connectivity index (χ0v) is 14.6. The van der Waals surface area contributed by atoms with Gasteiger partial charge in [-0.2, -0.15) is 0 Å². The van der Waals surface area contributed by atoms with Crippen LogP contribution in [0.4, 0.5) is 0 Å². The van der Waals surface area contributed by atoms with Crippen molar-refractivity contribution >= 4 is 22.5 Å². The maximum atomic E-state index is 12.4. The molecule has 8 nitrogen and oxygen atoms in total. The second-order valence-electron chi connectivity index (χ2n) is 6.19. The van der Waals surface area contributed by atoms with Crippen molar-refractivity contribution in [2.75, 3.05) is 6.54 Å². The van der Waals surface area contributed by atoms with Crippen LogP contribution >= 0.6 is 0 Å². The minimum atomic E-state index is -0.222. The van der Waals surface area contributed by atoms with E-state index in [9.17, 15) is 9.59 Å². The van der Waals surface area contributed by atoms with Crippen molar-refractivity contribution in [1.29, 1.82) is 0 Å². The van der Waals surface area contributed by atoms with Crippen LogP contribution in [0.3, 0.4) is 0 Å². The molecule has 0 aliphatic heterocycles. The summed E-state index contributed by atoms with van der Waals surface area (Å²) in [4.78, 5) is 28.8. The van der Waals surface area contributed by atoms with Gasteiger partial charge in [0.2, 0.25) is 5.91 Å². The molecule has 136 valence electrons. The number of pyridine rings is 1. The number of amides is 1. The van der Waals surface area contributed by atoms with Crippen LogP contribution in [0.2, 0.25) is 0 Å². The Morgan fingerprint density at radius 1 is 1.07 bits per heavy atom. The molecule has 0 atom stereocenters. The Labute approximate surface area is 154 Å². The molecule has 1 amide bonds. The number of nitrogens with zero attached hydrogens (tertiary/aromatic N) is 5. The van der Waals surface area contributed by atoms with E-state index in [1.807, 2.05) is 34.9 Å². The van der Waals surface area contributed by atoms with E-state index in [0.29, 0.717) is 23.9 Å². The molecule has 4 rings (SSSR count). The number of rotatable bonds is 6. The SMILES string of the molecule is O=C(Cn1cnc2ccccc2c1=O)NCCCc1nnc2ccccn12. The van der Waals surface area contributed by atoms with Gasteiger partial charge >= 0.3 is 0 Å². The molecule has 0 aliphatic rings. The molecule has 0 spiro atoms. The number of aryl methyl sites for hydroxylation is 1. The summed E-state index contributed by atoms with van der Waals surface area (Å²) in [6.45, 7) is 0.445. The lowest BCUT2D eigenvalue weighted by Gasteiger charge is -2.08. The fourth-order valence-corrected chi connectivity index (χ4v) is 2.97. The number of para-hydroxylation sites is 1. The van der Waals surface area contributed by atoms with Crippen LogP contribution in [0.25, 0.3) is 16.6 Å². The minimum absolute atomic E-state index is 0.0511. The van der Waals surface area contributed by atoms with Crippen molar-refractivity contribution in [2.45, 2.75) is 19.4 Å². The van der Waals surface area contributed by atoms with E-state index in [1.54, 1.807) is 18.2 Å². The van der Waals surface area contributed by atoms with Gasteiger partial charge in [-0.25, -0.2) is 4.98 Å². The van der Waals surface area contributed by atoms with Gasteiger partial charge in [0.05, 0.1) is 17.2 Å². The predicted octanol–water partition coefficient (Wildman–Crippen LogP) is 1.19. The van der Waals surface area contributed by atoms with Crippen molar-refractivity contribution in [1.82, 2.24) is 29.5 Å². The van der Waals surface area contributed by atoms with Crippen LogP contribution in [-0.2, 0) is 17.8 Å². The maximum Gasteiger partial charge on any atom is 0.261 e. The summed E-state index contributed by atoms with van der Waals surface area (Å²) in [6, 6.07) is 12.8. The summed E-state index contributed by atoms with van der Waals surface area (Å²) in [7, 11) is 0. The molecular weight excluding hydrogens is 344 g/mol. The molecule has 0 radical (unpaired) electrons. The van der Waals surface area contributed by atoms with Gasteiger partial charge in [-0.05, 0) is 30.7 Å². The monoisotopic (exact) mass is 362 g/mol. The standard InChI is InChI=1S/C19H18N6O2/c26-18(12-24-13-21-15-7-2-1-6-14(15)19(24)27)20-10-5-9-17-23-22-16-8-3-4-11-25(16)17/h1-4,6-8,11,13H,5,9-10,12H2,(H,20,26). The van der Waals surface area contributed by atoms with Crippen molar-refractivity contribution < 1.29 is 4.79 Å². The average Bonchev–Trinajstić information content (AvgIpc) is 3.11. The predicted molar refractivity (Wildman–Crippen MR) is 100 cm³/mol.